The van der Waals surface area contributed by atoms with Gasteiger partial charge in [0.25, 0.3) is 5.69 Å². The SMILES string of the molecule is N#Cc1cc([N+](=O)[O-])ccc1NC[C@H](c1ccco1)N1CCCCC1. The number of non-ortho nitro benzene ring substituents is 1. The summed E-state index contributed by atoms with van der Waals surface area (Å²) in [4.78, 5) is 12.8. The third-order valence-corrected chi connectivity index (χ3v) is 4.52. The van der Waals surface area contributed by atoms with Crippen LogP contribution in [-0.2, 0) is 0 Å². The number of nitrogens with one attached hydrogen (secondary N) is 1. The first-order valence-corrected chi connectivity index (χ1v) is 8.39. The number of nitrogens with zero attached hydrogens (tertiary/aromatic N) is 3. The van der Waals surface area contributed by atoms with Crippen LogP contribution in [0, 0.1) is 21.4 Å². The highest BCUT2D eigenvalue weighted by atomic mass is 16.6. The Morgan fingerprint density at radius 1 is 1.32 bits per heavy atom. The standard InChI is InChI=1S/C18H20N4O3/c19-12-14-11-15(22(23)24)6-7-16(14)20-13-17(18-5-4-10-25-18)21-8-2-1-3-9-21/h4-7,10-11,17,20H,1-3,8-9,13H2/t17-/m1/s1. The summed E-state index contributed by atoms with van der Waals surface area (Å²) in [7, 11) is 0. The molecule has 0 radical (unpaired) electrons. The molecule has 7 heteroatoms. The number of nitro groups is 1. The van der Waals surface area contributed by atoms with E-state index in [0.717, 1.165) is 31.7 Å². The van der Waals surface area contributed by atoms with Crippen molar-refractivity contribution in [3.63, 3.8) is 0 Å². The fourth-order valence-electron chi connectivity index (χ4n) is 3.22. The van der Waals surface area contributed by atoms with E-state index in [9.17, 15) is 15.4 Å². The van der Waals surface area contributed by atoms with E-state index >= 15 is 0 Å². The molecule has 1 saturated heterocycles. The maximum atomic E-state index is 10.9. The van der Waals surface area contributed by atoms with Gasteiger partial charge in [-0.2, -0.15) is 5.26 Å². The maximum Gasteiger partial charge on any atom is 0.270 e. The normalized spacial score (nSPS) is 16.1. The maximum absolute atomic E-state index is 10.9. The van der Waals surface area contributed by atoms with Crippen molar-refractivity contribution in [3.05, 3.63) is 58.0 Å². The van der Waals surface area contributed by atoms with Gasteiger partial charge < -0.3 is 9.73 Å². The molecule has 2 heterocycles. The summed E-state index contributed by atoms with van der Waals surface area (Å²) >= 11 is 0. The van der Waals surface area contributed by atoms with E-state index in [2.05, 4.69) is 10.2 Å². The number of anilines is 1. The van der Waals surface area contributed by atoms with Gasteiger partial charge in [-0.25, -0.2) is 0 Å². The van der Waals surface area contributed by atoms with E-state index in [1.54, 1.807) is 12.3 Å². The Labute approximate surface area is 146 Å². The molecular formula is C18H20N4O3. The van der Waals surface area contributed by atoms with Crippen LogP contribution in [0.2, 0.25) is 0 Å². The summed E-state index contributed by atoms with van der Waals surface area (Å²) in [5, 5.41) is 23.4. The second kappa shape index (κ2) is 7.81. The molecule has 0 bridgehead atoms. The van der Waals surface area contributed by atoms with Gasteiger partial charge in [-0.1, -0.05) is 6.42 Å². The van der Waals surface area contributed by atoms with Gasteiger partial charge in [0.05, 0.1) is 28.5 Å². The molecule has 1 fully saturated rings. The van der Waals surface area contributed by atoms with Crippen LogP contribution in [0.1, 0.15) is 36.6 Å². The summed E-state index contributed by atoms with van der Waals surface area (Å²) in [6.07, 6.45) is 5.24. The van der Waals surface area contributed by atoms with Crippen molar-refractivity contribution in [2.45, 2.75) is 25.3 Å². The second-order valence-corrected chi connectivity index (χ2v) is 6.11. The van der Waals surface area contributed by atoms with Crippen LogP contribution in [0.15, 0.2) is 41.0 Å². The van der Waals surface area contributed by atoms with Crippen LogP contribution in [0.4, 0.5) is 11.4 Å². The molecule has 2 aromatic rings. The fraction of sp³-hybridized carbons (Fsp3) is 0.389. The quantitative estimate of drug-likeness (QED) is 0.636. The van der Waals surface area contributed by atoms with Gasteiger partial charge >= 0.3 is 0 Å². The number of piperidine rings is 1. The lowest BCUT2D eigenvalue weighted by molar-refractivity contribution is -0.384. The fourth-order valence-corrected chi connectivity index (χ4v) is 3.22. The largest absolute Gasteiger partial charge is 0.468 e. The number of likely N-dealkylation sites (tertiary alicyclic amines) is 1. The molecule has 1 N–H and O–H groups in total. The zero-order chi connectivity index (χ0) is 17.6. The van der Waals surface area contributed by atoms with Crippen molar-refractivity contribution in [1.82, 2.24) is 4.90 Å². The molecule has 0 spiro atoms. The molecule has 1 aliphatic heterocycles. The molecule has 7 nitrogen and oxygen atoms in total. The molecule has 1 atom stereocenters. The molecule has 1 aromatic heterocycles. The molecule has 1 aromatic carbocycles. The third-order valence-electron chi connectivity index (χ3n) is 4.52. The van der Waals surface area contributed by atoms with E-state index in [1.165, 1.54) is 18.6 Å². The molecule has 0 amide bonds. The third kappa shape index (κ3) is 3.98. The summed E-state index contributed by atoms with van der Waals surface area (Å²) in [6.45, 7) is 2.59. The topological polar surface area (TPSA) is 95.3 Å². The highest BCUT2D eigenvalue weighted by molar-refractivity contribution is 5.61. The van der Waals surface area contributed by atoms with Crippen LogP contribution < -0.4 is 5.32 Å². The molecular weight excluding hydrogens is 320 g/mol. The van der Waals surface area contributed by atoms with Gasteiger partial charge in [-0.15, -0.1) is 0 Å². The van der Waals surface area contributed by atoms with Crippen molar-refractivity contribution < 1.29 is 9.34 Å². The zero-order valence-corrected chi connectivity index (χ0v) is 13.9. The van der Waals surface area contributed by atoms with Crippen molar-refractivity contribution in [3.8, 4) is 6.07 Å². The van der Waals surface area contributed by atoms with Gasteiger partial charge in [0.1, 0.15) is 11.8 Å². The Hall–Kier alpha value is -2.85. The summed E-state index contributed by atoms with van der Waals surface area (Å²) in [5.41, 5.74) is 0.786. The number of benzene rings is 1. The van der Waals surface area contributed by atoms with Crippen molar-refractivity contribution >= 4 is 11.4 Å². The number of hydrogen-bond donors (Lipinski definition) is 1. The predicted molar refractivity (Wildman–Crippen MR) is 93.2 cm³/mol. The average molecular weight is 340 g/mol. The first-order chi connectivity index (χ1) is 12.2. The van der Waals surface area contributed by atoms with Crippen molar-refractivity contribution in [2.75, 3.05) is 25.0 Å². The minimum atomic E-state index is -0.496. The van der Waals surface area contributed by atoms with E-state index < -0.39 is 4.92 Å². The minimum Gasteiger partial charge on any atom is -0.468 e. The summed E-state index contributed by atoms with van der Waals surface area (Å²) in [6, 6.07) is 10.2. The number of nitriles is 1. The lowest BCUT2D eigenvalue weighted by atomic mass is 10.1. The Bertz CT molecular complexity index is 761. The van der Waals surface area contributed by atoms with E-state index in [4.69, 9.17) is 4.42 Å². The van der Waals surface area contributed by atoms with Crippen LogP contribution in [0.25, 0.3) is 0 Å². The minimum absolute atomic E-state index is 0.0667. The van der Waals surface area contributed by atoms with E-state index in [-0.39, 0.29) is 17.3 Å². The molecule has 0 saturated carbocycles. The zero-order valence-electron chi connectivity index (χ0n) is 13.9. The van der Waals surface area contributed by atoms with Gasteiger partial charge in [-0.3, -0.25) is 15.0 Å². The molecule has 1 aliphatic rings. The number of nitro benzene ring substituents is 1. The molecule has 3 rings (SSSR count). The van der Waals surface area contributed by atoms with Gasteiger partial charge in [0.15, 0.2) is 0 Å². The first kappa shape index (κ1) is 17.0. The lowest BCUT2D eigenvalue weighted by Gasteiger charge is -2.33. The molecule has 0 unspecified atom stereocenters. The monoisotopic (exact) mass is 340 g/mol. The predicted octanol–water partition coefficient (Wildman–Crippen LogP) is 3.70. The van der Waals surface area contributed by atoms with Crippen molar-refractivity contribution in [1.29, 1.82) is 5.26 Å². The summed E-state index contributed by atoms with van der Waals surface area (Å²) in [5.74, 6) is 0.884. The van der Waals surface area contributed by atoms with Crippen LogP contribution >= 0.6 is 0 Å². The Morgan fingerprint density at radius 3 is 2.76 bits per heavy atom. The van der Waals surface area contributed by atoms with Gasteiger partial charge in [0.2, 0.25) is 0 Å². The smallest absolute Gasteiger partial charge is 0.270 e. The molecule has 130 valence electrons. The Morgan fingerprint density at radius 2 is 2.12 bits per heavy atom. The highest BCUT2D eigenvalue weighted by Gasteiger charge is 2.24. The van der Waals surface area contributed by atoms with Crippen LogP contribution in [-0.4, -0.2) is 29.5 Å². The average Bonchev–Trinajstić information content (AvgIpc) is 3.17. The van der Waals surface area contributed by atoms with Crippen molar-refractivity contribution in [2.24, 2.45) is 0 Å². The molecule has 25 heavy (non-hydrogen) atoms. The highest BCUT2D eigenvalue weighted by Crippen LogP contribution is 2.27. The van der Waals surface area contributed by atoms with E-state index in [0.29, 0.717) is 12.2 Å². The van der Waals surface area contributed by atoms with Crippen LogP contribution in [0.3, 0.4) is 0 Å². The van der Waals surface area contributed by atoms with E-state index in [1.807, 2.05) is 18.2 Å². The Balaban J connectivity index is 1.77. The first-order valence-electron chi connectivity index (χ1n) is 8.39. The second-order valence-electron chi connectivity index (χ2n) is 6.11. The number of furan rings is 1. The molecule has 0 aliphatic carbocycles. The lowest BCUT2D eigenvalue weighted by Crippen LogP contribution is -2.37. The van der Waals surface area contributed by atoms with Gasteiger partial charge in [0, 0.05) is 18.7 Å². The number of hydrogen-bond acceptors (Lipinski definition) is 6. The van der Waals surface area contributed by atoms with Crippen LogP contribution in [0.5, 0.6) is 0 Å². The van der Waals surface area contributed by atoms with Gasteiger partial charge in [-0.05, 0) is 44.1 Å². The summed E-state index contributed by atoms with van der Waals surface area (Å²) < 4.78 is 5.61. The number of rotatable bonds is 6. The Kier molecular flexibility index (Phi) is 5.31.